The number of amides is 1. The summed E-state index contributed by atoms with van der Waals surface area (Å²) >= 11 is 1.57. The quantitative estimate of drug-likeness (QED) is 0.663. The number of aryl methyl sites for hydroxylation is 2. The van der Waals surface area contributed by atoms with Crippen LogP contribution in [0.5, 0.6) is 5.75 Å². The predicted octanol–water partition coefficient (Wildman–Crippen LogP) is 3.57. The third kappa shape index (κ3) is 3.62. The van der Waals surface area contributed by atoms with Crippen molar-refractivity contribution in [1.29, 1.82) is 0 Å². The lowest BCUT2D eigenvalue weighted by Crippen LogP contribution is -2.25. The third-order valence-corrected chi connectivity index (χ3v) is 6.69. The summed E-state index contributed by atoms with van der Waals surface area (Å²) in [5.41, 5.74) is 4.23. The molecule has 0 saturated heterocycles. The number of benzene rings is 1. The van der Waals surface area contributed by atoms with E-state index < -0.39 is 0 Å². The van der Waals surface area contributed by atoms with Gasteiger partial charge in [-0.2, -0.15) is 0 Å². The molecular formula is C22H22N4O2S. The van der Waals surface area contributed by atoms with Crippen molar-refractivity contribution < 1.29 is 9.53 Å². The number of nitrogens with zero attached hydrogens (tertiary/aromatic N) is 4. The zero-order chi connectivity index (χ0) is 19.8. The molecule has 1 aromatic carbocycles. The molecule has 0 unspecified atom stereocenters. The number of hydrogen-bond donors (Lipinski definition) is 0. The molecular weight excluding hydrogens is 384 g/mol. The van der Waals surface area contributed by atoms with E-state index in [1.54, 1.807) is 18.4 Å². The van der Waals surface area contributed by atoms with Gasteiger partial charge >= 0.3 is 0 Å². The monoisotopic (exact) mass is 406 g/mol. The van der Waals surface area contributed by atoms with Gasteiger partial charge in [0.15, 0.2) is 5.01 Å². The van der Waals surface area contributed by atoms with Gasteiger partial charge in [0.05, 0.1) is 25.0 Å². The Balaban J connectivity index is 1.30. The zero-order valence-corrected chi connectivity index (χ0v) is 17.2. The van der Waals surface area contributed by atoms with Crippen LogP contribution < -0.4 is 4.74 Å². The van der Waals surface area contributed by atoms with Crippen LogP contribution in [0.15, 0.2) is 30.5 Å². The number of ether oxygens (including phenoxy) is 1. The summed E-state index contributed by atoms with van der Waals surface area (Å²) in [4.78, 5) is 30.0. The first kappa shape index (κ1) is 18.2. The molecule has 5 rings (SSSR count). The molecule has 0 N–H and O–H groups in total. The Hall–Kier alpha value is -2.80. The predicted molar refractivity (Wildman–Crippen MR) is 110 cm³/mol. The van der Waals surface area contributed by atoms with E-state index in [2.05, 4.69) is 9.97 Å². The number of methoxy groups -OCH3 is 1. The number of carbonyl (C=O) groups is 1. The summed E-state index contributed by atoms with van der Waals surface area (Å²) in [6.07, 6.45) is 6.95. The van der Waals surface area contributed by atoms with Gasteiger partial charge in [0, 0.05) is 29.6 Å². The molecule has 1 aliphatic heterocycles. The van der Waals surface area contributed by atoms with E-state index in [0.29, 0.717) is 24.5 Å². The van der Waals surface area contributed by atoms with Crippen molar-refractivity contribution in [3.8, 4) is 5.75 Å². The van der Waals surface area contributed by atoms with Crippen molar-refractivity contribution in [3.05, 3.63) is 68.7 Å². The van der Waals surface area contributed by atoms with Gasteiger partial charge in [-0.3, -0.25) is 4.79 Å². The number of hydrogen-bond acceptors (Lipinski definition) is 6. The summed E-state index contributed by atoms with van der Waals surface area (Å²) in [5.74, 6) is 1.62. The molecule has 29 heavy (non-hydrogen) atoms. The average Bonchev–Trinajstić information content (AvgIpc) is 3.37. The number of rotatable bonds is 4. The summed E-state index contributed by atoms with van der Waals surface area (Å²) in [7, 11) is 1.66. The minimum absolute atomic E-state index is 0.0131. The van der Waals surface area contributed by atoms with Gasteiger partial charge in [0.25, 0.3) is 5.91 Å². The molecule has 0 atom stereocenters. The summed E-state index contributed by atoms with van der Waals surface area (Å²) in [6, 6.07) is 7.93. The highest BCUT2D eigenvalue weighted by Crippen LogP contribution is 2.29. The maximum atomic E-state index is 13.0. The summed E-state index contributed by atoms with van der Waals surface area (Å²) in [6.45, 7) is 1.08. The van der Waals surface area contributed by atoms with E-state index in [1.807, 2.05) is 35.4 Å². The SMILES string of the molecule is COc1ccc(Cc2ncc3c(n2)CN(C(=O)c2nc4c(s2)CCCC4)C3)cc1. The Kier molecular flexibility index (Phi) is 4.75. The van der Waals surface area contributed by atoms with Gasteiger partial charge in [-0.25, -0.2) is 15.0 Å². The van der Waals surface area contributed by atoms with E-state index >= 15 is 0 Å². The van der Waals surface area contributed by atoms with Gasteiger partial charge < -0.3 is 9.64 Å². The fourth-order valence-electron chi connectivity index (χ4n) is 3.93. The second-order valence-corrected chi connectivity index (χ2v) is 8.62. The summed E-state index contributed by atoms with van der Waals surface area (Å²) in [5, 5.41) is 0.621. The molecule has 3 heterocycles. The highest BCUT2D eigenvalue weighted by Gasteiger charge is 2.29. The van der Waals surface area contributed by atoms with Crippen molar-refractivity contribution in [1.82, 2.24) is 19.9 Å². The molecule has 0 fully saturated rings. The molecule has 1 aliphatic carbocycles. The third-order valence-electron chi connectivity index (χ3n) is 5.54. The Morgan fingerprint density at radius 1 is 1.10 bits per heavy atom. The van der Waals surface area contributed by atoms with E-state index in [-0.39, 0.29) is 5.91 Å². The molecule has 148 valence electrons. The van der Waals surface area contributed by atoms with Gasteiger partial charge in [0.1, 0.15) is 11.6 Å². The van der Waals surface area contributed by atoms with Crippen LogP contribution in [-0.2, 0) is 32.4 Å². The van der Waals surface area contributed by atoms with Crippen molar-refractivity contribution in [2.24, 2.45) is 0 Å². The molecule has 3 aromatic rings. The highest BCUT2D eigenvalue weighted by molar-refractivity contribution is 7.13. The fourth-order valence-corrected chi connectivity index (χ4v) is 5.05. The van der Waals surface area contributed by atoms with Gasteiger partial charge in [-0.1, -0.05) is 12.1 Å². The first-order valence-electron chi connectivity index (χ1n) is 9.94. The lowest BCUT2D eigenvalue weighted by atomic mass is 10.0. The van der Waals surface area contributed by atoms with Crippen molar-refractivity contribution in [2.75, 3.05) is 7.11 Å². The molecule has 2 aliphatic rings. The highest BCUT2D eigenvalue weighted by atomic mass is 32.1. The number of fused-ring (bicyclic) bond motifs is 2. The Bertz CT molecular complexity index is 1040. The van der Waals surface area contributed by atoms with E-state index in [0.717, 1.165) is 46.9 Å². The van der Waals surface area contributed by atoms with Crippen LogP contribution in [0.25, 0.3) is 0 Å². The average molecular weight is 407 g/mol. The minimum atomic E-state index is 0.0131. The number of aromatic nitrogens is 3. The molecule has 6 nitrogen and oxygen atoms in total. The van der Waals surface area contributed by atoms with Crippen molar-refractivity contribution in [2.45, 2.75) is 45.2 Å². The molecule has 0 bridgehead atoms. The Labute approximate surface area is 173 Å². The van der Waals surface area contributed by atoms with Crippen LogP contribution in [0, 0.1) is 0 Å². The van der Waals surface area contributed by atoms with E-state index in [1.165, 1.54) is 17.7 Å². The number of thiazole rings is 1. The molecule has 0 saturated carbocycles. The largest absolute Gasteiger partial charge is 0.497 e. The van der Waals surface area contributed by atoms with Crippen LogP contribution in [-0.4, -0.2) is 32.9 Å². The second kappa shape index (κ2) is 7.55. The molecule has 1 amide bonds. The molecule has 7 heteroatoms. The second-order valence-electron chi connectivity index (χ2n) is 7.54. The van der Waals surface area contributed by atoms with Crippen molar-refractivity contribution >= 4 is 17.2 Å². The zero-order valence-electron chi connectivity index (χ0n) is 16.4. The van der Waals surface area contributed by atoms with Crippen LogP contribution in [0.4, 0.5) is 0 Å². The van der Waals surface area contributed by atoms with Crippen molar-refractivity contribution in [3.63, 3.8) is 0 Å². The lowest BCUT2D eigenvalue weighted by molar-refractivity contribution is 0.0749. The van der Waals surface area contributed by atoms with Gasteiger partial charge in [0.2, 0.25) is 0 Å². The first-order chi connectivity index (χ1) is 14.2. The Morgan fingerprint density at radius 3 is 2.72 bits per heavy atom. The van der Waals surface area contributed by atoms with Crippen LogP contribution >= 0.6 is 11.3 Å². The number of carbonyl (C=O) groups excluding carboxylic acids is 1. The van der Waals surface area contributed by atoms with Gasteiger partial charge in [-0.05, 0) is 43.4 Å². The summed E-state index contributed by atoms with van der Waals surface area (Å²) < 4.78 is 5.20. The normalized spacial score (nSPS) is 15.1. The van der Waals surface area contributed by atoms with Gasteiger partial charge in [-0.15, -0.1) is 11.3 Å². The van der Waals surface area contributed by atoms with E-state index in [4.69, 9.17) is 9.72 Å². The molecule has 2 aromatic heterocycles. The maximum Gasteiger partial charge on any atom is 0.283 e. The lowest BCUT2D eigenvalue weighted by Gasteiger charge is -2.12. The topological polar surface area (TPSA) is 68.2 Å². The first-order valence-corrected chi connectivity index (χ1v) is 10.8. The molecule has 0 spiro atoms. The fraction of sp³-hybridized carbons (Fsp3) is 0.364. The standard InChI is InChI=1S/C22H22N4O2S/c1-28-16-8-6-14(7-9-16)10-20-23-11-15-12-26(13-18(15)24-20)22(27)21-25-17-4-2-3-5-19(17)29-21/h6-9,11H,2-5,10,12-13H2,1H3. The smallest absolute Gasteiger partial charge is 0.283 e. The van der Waals surface area contributed by atoms with E-state index in [9.17, 15) is 4.79 Å². The maximum absolute atomic E-state index is 13.0. The Morgan fingerprint density at radius 2 is 1.93 bits per heavy atom. The molecule has 0 radical (unpaired) electrons. The van der Waals surface area contributed by atoms with Crippen LogP contribution in [0.3, 0.4) is 0 Å². The minimum Gasteiger partial charge on any atom is -0.497 e. The van der Waals surface area contributed by atoms with Crippen LogP contribution in [0.2, 0.25) is 0 Å². The van der Waals surface area contributed by atoms with Crippen LogP contribution in [0.1, 0.15) is 55.9 Å².